The monoisotopic (exact) mass is 970 g/mol. The van der Waals surface area contributed by atoms with Gasteiger partial charge in [-0.3, -0.25) is 33.6 Å². The molecule has 1 aliphatic heterocycles. The third kappa shape index (κ3) is 16.3. The molecule has 3 rings (SSSR count). The number of nitrogens with one attached hydrogen (secondary N) is 5. The number of likely N-dealkylation sites (N-methyl/N-ethyl adjacent to an activating group) is 3. The van der Waals surface area contributed by atoms with Gasteiger partial charge in [0.25, 0.3) is 0 Å². The number of halogens is 5. The molecule has 0 aromatic heterocycles. The Kier molecular flexibility index (Phi) is 21.5. The summed E-state index contributed by atoms with van der Waals surface area (Å²) in [5, 5.41) is 14.1. The van der Waals surface area contributed by atoms with Crippen molar-refractivity contribution in [1.29, 1.82) is 0 Å². The molecule has 1 aliphatic carbocycles. The maximum absolute atomic E-state index is 14.6. The Balaban J connectivity index is 2.02. The topological polar surface area (TPSA) is 189 Å². The summed E-state index contributed by atoms with van der Waals surface area (Å²) in [6.45, 7) is 6.13. The van der Waals surface area contributed by atoms with Crippen molar-refractivity contribution in [1.82, 2.24) is 41.3 Å². The largest absolute Gasteiger partial charge is 0.401 e. The number of carbonyl (C=O) groups is 7. The first-order valence-electron chi connectivity index (χ1n) is 22.7. The summed E-state index contributed by atoms with van der Waals surface area (Å²) >= 11 is 12.8. The van der Waals surface area contributed by atoms with Gasteiger partial charge in [0.15, 0.2) is 0 Å². The Morgan fingerprint density at radius 3 is 2.23 bits per heavy atom. The van der Waals surface area contributed by atoms with E-state index in [9.17, 15) is 46.7 Å². The number of benzene rings is 1. The second-order valence-electron chi connectivity index (χ2n) is 17.8. The van der Waals surface area contributed by atoms with Gasteiger partial charge >= 0.3 is 6.18 Å². The maximum atomic E-state index is 14.6. The normalized spacial score (nSPS) is 21.9. The van der Waals surface area contributed by atoms with Crippen LogP contribution in [0.5, 0.6) is 0 Å². The standard InChI is InChI=1S/C46H67Cl2F3N8O7/c1-9-32(56-44(66)45(11-3)20-21-45)38(60)54-34(16-12-14-22-52-27-46(49,50)51)42(64)58(7)36-17-13-15-23-57(6)41(63)33(10-2)53-40(62)37(26-29-25-30(47)18-19-31(29)48)59(8)43(65)35(24-28(4)5)55-39(36)61/h3,18-19,25,28,32-37,52H,9-10,12-17,20-24,26-27H2,1-2,4-8H3,(H,53,62)(H,54,60)(H,55,61)(H,56,66)/t32-,33+,34-,35-,36-,37-/m0/s1. The van der Waals surface area contributed by atoms with Gasteiger partial charge in [0.2, 0.25) is 41.4 Å². The summed E-state index contributed by atoms with van der Waals surface area (Å²) in [7, 11) is 4.40. The molecule has 0 unspecified atom stereocenters. The third-order valence-electron chi connectivity index (χ3n) is 12.1. The van der Waals surface area contributed by atoms with Crippen LogP contribution in [0.1, 0.15) is 104 Å². The van der Waals surface area contributed by atoms with Crippen molar-refractivity contribution in [3.63, 3.8) is 0 Å². The summed E-state index contributed by atoms with van der Waals surface area (Å²) < 4.78 is 38.4. The molecule has 5 N–H and O–H groups in total. The first-order valence-corrected chi connectivity index (χ1v) is 23.4. The fourth-order valence-electron chi connectivity index (χ4n) is 7.81. The molecule has 0 radical (unpaired) electrons. The minimum absolute atomic E-state index is 0.0264. The smallest absolute Gasteiger partial charge is 0.344 e. The number of terminal acetylenes is 1. The Morgan fingerprint density at radius 2 is 1.64 bits per heavy atom. The van der Waals surface area contributed by atoms with E-state index < -0.39 is 89.8 Å². The van der Waals surface area contributed by atoms with Crippen LogP contribution in [0.25, 0.3) is 0 Å². The second kappa shape index (κ2) is 25.5. The summed E-state index contributed by atoms with van der Waals surface area (Å²) in [4.78, 5) is 102. The second-order valence-corrected chi connectivity index (χ2v) is 18.6. The molecular weight excluding hydrogens is 904 g/mol. The number of unbranched alkanes of at least 4 members (excludes halogenated alkanes) is 1. The molecule has 1 aromatic carbocycles. The molecular formula is C46H67Cl2F3N8O7. The van der Waals surface area contributed by atoms with Gasteiger partial charge in [-0.1, -0.05) is 56.8 Å². The van der Waals surface area contributed by atoms with Gasteiger partial charge < -0.3 is 41.3 Å². The predicted molar refractivity (Wildman–Crippen MR) is 246 cm³/mol. The highest BCUT2D eigenvalue weighted by molar-refractivity contribution is 6.33. The van der Waals surface area contributed by atoms with Gasteiger partial charge in [-0.15, -0.1) is 6.42 Å². The lowest BCUT2D eigenvalue weighted by Crippen LogP contribution is -2.60. The zero-order chi connectivity index (χ0) is 49.5. The number of carbonyl (C=O) groups excluding carboxylic acids is 7. The minimum Gasteiger partial charge on any atom is -0.344 e. The van der Waals surface area contributed by atoms with Gasteiger partial charge in [-0.25, -0.2) is 0 Å². The van der Waals surface area contributed by atoms with Crippen LogP contribution in [0.4, 0.5) is 13.2 Å². The summed E-state index contributed by atoms with van der Waals surface area (Å²) in [5.41, 5.74) is -0.545. The van der Waals surface area contributed by atoms with Crippen molar-refractivity contribution >= 4 is 64.6 Å². The highest BCUT2D eigenvalue weighted by atomic mass is 35.5. The summed E-state index contributed by atoms with van der Waals surface area (Å²) in [5.74, 6) is -1.84. The van der Waals surface area contributed by atoms with Crippen molar-refractivity contribution in [2.45, 2.75) is 147 Å². The van der Waals surface area contributed by atoms with E-state index in [0.29, 0.717) is 41.3 Å². The molecule has 20 heteroatoms. The molecule has 2 aliphatic rings. The Hall–Kier alpha value is -4.60. The average Bonchev–Trinajstić information content (AvgIpc) is 4.07. The Bertz CT molecular complexity index is 1930. The van der Waals surface area contributed by atoms with E-state index in [0.717, 1.165) is 0 Å². The highest BCUT2D eigenvalue weighted by Gasteiger charge is 2.49. The predicted octanol–water partition coefficient (Wildman–Crippen LogP) is 4.37. The maximum Gasteiger partial charge on any atom is 0.401 e. The molecule has 7 amide bonds. The number of rotatable bonds is 18. The third-order valence-corrected chi connectivity index (χ3v) is 12.7. The molecule has 2 fully saturated rings. The fraction of sp³-hybridized carbons (Fsp3) is 0.674. The molecule has 1 saturated heterocycles. The number of nitrogens with zero attached hydrogens (tertiary/aromatic N) is 3. The highest BCUT2D eigenvalue weighted by Crippen LogP contribution is 2.45. The van der Waals surface area contributed by atoms with Gasteiger partial charge in [-0.05, 0) is 107 Å². The first kappa shape index (κ1) is 55.7. The van der Waals surface area contributed by atoms with E-state index in [1.807, 2.05) is 13.8 Å². The molecule has 15 nitrogen and oxygen atoms in total. The van der Waals surface area contributed by atoms with E-state index in [4.69, 9.17) is 29.6 Å². The van der Waals surface area contributed by atoms with Crippen molar-refractivity contribution in [2.75, 3.05) is 40.8 Å². The minimum atomic E-state index is -4.42. The van der Waals surface area contributed by atoms with Gasteiger partial charge in [0.1, 0.15) is 41.7 Å². The van der Waals surface area contributed by atoms with Crippen molar-refractivity contribution in [3.8, 4) is 12.3 Å². The van der Waals surface area contributed by atoms with Crippen molar-refractivity contribution in [3.05, 3.63) is 33.8 Å². The van der Waals surface area contributed by atoms with E-state index in [1.165, 1.54) is 28.8 Å². The van der Waals surface area contributed by atoms with Crippen LogP contribution in [0.3, 0.4) is 0 Å². The quantitative estimate of drug-likeness (QED) is 0.106. The molecule has 0 spiro atoms. The zero-order valence-corrected chi connectivity index (χ0v) is 40.6. The lowest BCUT2D eigenvalue weighted by molar-refractivity contribution is -0.146. The van der Waals surface area contributed by atoms with Crippen LogP contribution in [0, 0.1) is 23.7 Å². The molecule has 1 heterocycles. The van der Waals surface area contributed by atoms with Gasteiger partial charge in [0, 0.05) is 44.2 Å². The van der Waals surface area contributed by atoms with Crippen LogP contribution >= 0.6 is 23.2 Å². The summed E-state index contributed by atoms with van der Waals surface area (Å²) in [6, 6.07) is -2.17. The Labute approximate surface area is 396 Å². The van der Waals surface area contributed by atoms with E-state index >= 15 is 0 Å². The number of hydrogen-bond acceptors (Lipinski definition) is 8. The van der Waals surface area contributed by atoms with E-state index in [1.54, 1.807) is 39.1 Å². The van der Waals surface area contributed by atoms with Crippen molar-refractivity contribution < 1.29 is 46.7 Å². The summed E-state index contributed by atoms with van der Waals surface area (Å²) in [6.07, 6.45) is 3.69. The number of alkyl halides is 3. The van der Waals surface area contributed by atoms with Crippen LogP contribution in [0.2, 0.25) is 10.0 Å². The van der Waals surface area contributed by atoms with Crippen LogP contribution in [-0.4, -0.2) is 139 Å². The van der Waals surface area contributed by atoms with E-state index in [2.05, 4.69) is 32.5 Å². The number of hydrogen-bond donors (Lipinski definition) is 5. The Morgan fingerprint density at radius 1 is 0.970 bits per heavy atom. The van der Waals surface area contributed by atoms with Gasteiger partial charge in [-0.2, -0.15) is 13.2 Å². The van der Waals surface area contributed by atoms with Crippen LogP contribution in [0.15, 0.2) is 18.2 Å². The van der Waals surface area contributed by atoms with E-state index in [-0.39, 0.29) is 76.3 Å². The van der Waals surface area contributed by atoms with Crippen LogP contribution in [-0.2, 0) is 40.0 Å². The van der Waals surface area contributed by atoms with Gasteiger partial charge in [0.05, 0.1) is 6.54 Å². The fourth-order valence-corrected chi connectivity index (χ4v) is 8.20. The molecule has 1 aromatic rings. The zero-order valence-electron chi connectivity index (χ0n) is 39.0. The average molecular weight is 972 g/mol. The molecule has 0 bridgehead atoms. The first-order chi connectivity index (χ1) is 31.0. The molecule has 6 atom stereocenters. The van der Waals surface area contributed by atoms with Crippen LogP contribution < -0.4 is 26.6 Å². The number of amides is 7. The lowest BCUT2D eigenvalue weighted by Gasteiger charge is -2.35. The SMILES string of the molecule is C#CC1(C(=O)N[C@@H](CC)C(=O)N[C@@H](CCCCNCC(F)(F)F)C(=O)N(C)[C@H]2CCCCN(C)C(=O)[C@@H](CC)NC(=O)[C@H](Cc3cc(Cl)ccc3Cl)N(C)C(=O)[C@H](CC(C)C)NC2=O)CC1. The van der Waals surface area contributed by atoms with Crippen molar-refractivity contribution in [2.24, 2.45) is 11.3 Å². The molecule has 368 valence electrons. The lowest BCUT2D eigenvalue weighted by atomic mass is 9.98. The molecule has 66 heavy (non-hydrogen) atoms. The molecule has 1 saturated carbocycles.